The van der Waals surface area contributed by atoms with E-state index in [2.05, 4.69) is 17.1 Å². The predicted molar refractivity (Wildman–Crippen MR) is 84.7 cm³/mol. The number of phenols is 1. The maximum Gasteiger partial charge on any atom is 0.136 e. The van der Waals surface area contributed by atoms with Crippen LogP contribution in [-0.2, 0) is 0 Å². The molecule has 3 aromatic carbocycles. The van der Waals surface area contributed by atoms with Gasteiger partial charge in [0.25, 0.3) is 0 Å². The van der Waals surface area contributed by atoms with E-state index in [1.807, 2.05) is 30.3 Å². The molecule has 5 aromatic rings. The summed E-state index contributed by atoms with van der Waals surface area (Å²) in [5, 5.41) is 14.0. The van der Waals surface area contributed by atoms with Gasteiger partial charge in [-0.25, -0.2) is 0 Å². The molecule has 21 heavy (non-hydrogen) atoms. The van der Waals surface area contributed by atoms with Crippen molar-refractivity contribution < 1.29 is 9.52 Å². The van der Waals surface area contributed by atoms with Crippen molar-refractivity contribution in [3.05, 3.63) is 54.6 Å². The number of fused-ring (bicyclic) bond motifs is 6. The Morgan fingerprint density at radius 3 is 2.52 bits per heavy atom. The molecule has 0 aliphatic carbocycles. The smallest absolute Gasteiger partial charge is 0.136 e. The van der Waals surface area contributed by atoms with Gasteiger partial charge in [0, 0.05) is 32.6 Å². The third kappa shape index (κ3) is 1.37. The van der Waals surface area contributed by atoms with Gasteiger partial charge in [0.2, 0.25) is 0 Å². The summed E-state index contributed by atoms with van der Waals surface area (Å²) in [5.41, 5.74) is 3.83. The second kappa shape index (κ2) is 3.58. The molecule has 2 aromatic heterocycles. The van der Waals surface area contributed by atoms with Crippen LogP contribution >= 0.6 is 0 Å². The Labute approximate surface area is 119 Å². The van der Waals surface area contributed by atoms with Crippen LogP contribution in [0.5, 0.6) is 5.75 Å². The summed E-state index contributed by atoms with van der Waals surface area (Å²) in [6.07, 6.45) is 0. The van der Waals surface area contributed by atoms with Crippen molar-refractivity contribution in [2.45, 2.75) is 0 Å². The minimum atomic E-state index is 0.271. The third-order valence-electron chi connectivity index (χ3n) is 4.08. The first-order chi connectivity index (χ1) is 10.3. The number of hydrogen-bond donors (Lipinski definition) is 2. The summed E-state index contributed by atoms with van der Waals surface area (Å²) < 4.78 is 5.93. The molecule has 0 aliphatic heterocycles. The number of benzene rings is 3. The van der Waals surface area contributed by atoms with E-state index >= 15 is 0 Å². The molecule has 0 amide bonds. The molecule has 0 bridgehead atoms. The number of nitrogens with one attached hydrogen (secondary N) is 1. The minimum Gasteiger partial charge on any atom is -0.508 e. The van der Waals surface area contributed by atoms with Crippen LogP contribution in [-0.4, -0.2) is 10.1 Å². The van der Waals surface area contributed by atoms with Crippen LogP contribution in [0.4, 0.5) is 0 Å². The number of para-hydroxylation sites is 1. The zero-order chi connectivity index (χ0) is 14.0. The first-order valence-electron chi connectivity index (χ1n) is 6.85. The number of rotatable bonds is 0. The Kier molecular flexibility index (Phi) is 1.84. The fraction of sp³-hybridized carbons (Fsp3) is 0. The Morgan fingerprint density at radius 2 is 1.57 bits per heavy atom. The predicted octanol–water partition coefficient (Wildman–Crippen LogP) is 4.93. The van der Waals surface area contributed by atoms with Crippen LogP contribution in [0.2, 0.25) is 0 Å². The van der Waals surface area contributed by atoms with E-state index in [9.17, 15) is 5.11 Å². The Morgan fingerprint density at radius 1 is 0.714 bits per heavy atom. The Hall–Kier alpha value is -2.94. The summed E-state index contributed by atoms with van der Waals surface area (Å²) in [7, 11) is 0. The number of aromatic nitrogens is 1. The highest BCUT2D eigenvalue weighted by Crippen LogP contribution is 2.35. The highest BCUT2D eigenvalue weighted by Gasteiger charge is 2.11. The molecule has 3 nitrogen and oxygen atoms in total. The van der Waals surface area contributed by atoms with Crippen molar-refractivity contribution in [1.29, 1.82) is 0 Å². The van der Waals surface area contributed by atoms with Gasteiger partial charge in [-0.2, -0.15) is 0 Å². The lowest BCUT2D eigenvalue weighted by Crippen LogP contribution is -1.69. The van der Waals surface area contributed by atoms with Gasteiger partial charge >= 0.3 is 0 Å². The average Bonchev–Trinajstić information content (AvgIpc) is 3.02. The van der Waals surface area contributed by atoms with E-state index in [4.69, 9.17) is 4.42 Å². The van der Waals surface area contributed by atoms with Gasteiger partial charge in [-0.1, -0.05) is 18.2 Å². The summed E-state index contributed by atoms with van der Waals surface area (Å²) in [6.45, 7) is 0. The lowest BCUT2D eigenvalue weighted by molar-refractivity contribution is 0.476. The number of furan rings is 1. The van der Waals surface area contributed by atoms with Gasteiger partial charge < -0.3 is 14.5 Å². The van der Waals surface area contributed by atoms with E-state index in [0.717, 1.165) is 43.7 Å². The molecule has 0 spiro atoms. The molecule has 0 saturated carbocycles. The monoisotopic (exact) mass is 273 g/mol. The topological polar surface area (TPSA) is 49.2 Å². The van der Waals surface area contributed by atoms with Crippen molar-refractivity contribution >= 4 is 43.7 Å². The Bertz CT molecular complexity index is 1150. The molecule has 5 rings (SSSR count). The molecule has 3 heteroatoms. The van der Waals surface area contributed by atoms with Crippen molar-refractivity contribution in [2.75, 3.05) is 0 Å². The van der Waals surface area contributed by atoms with Crippen LogP contribution in [0.1, 0.15) is 0 Å². The highest BCUT2D eigenvalue weighted by molar-refractivity contribution is 6.16. The second-order valence-corrected chi connectivity index (χ2v) is 5.35. The lowest BCUT2D eigenvalue weighted by Gasteiger charge is -1.93. The first-order valence-corrected chi connectivity index (χ1v) is 6.85. The number of phenolic OH excluding ortho intramolecular Hbond substituents is 1. The third-order valence-corrected chi connectivity index (χ3v) is 4.08. The fourth-order valence-electron chi connectivity index (χ4n) is 3.11. The van der Waals surface area contributed by atoms with E-state index in [0.29, 0.717) is 0 Å². The van der Waals surface area contributed by atoms with Crippen LogP contribution in [0, 0.1) is 0 Å². The highest BCUT2D eigenvalue weighted by atomic mass is 16.3. The zero-order valence-corrected chi connectivity index (χ0v) is 11.1. The number of aromatic hydroxyl groups is 1. The SMILES string of the molecule is Oc1ccc2[nH]c3cc4c(cc3c2c1)oc1ccccc14. The van der Waals surface area contributed by atoms with Crippen LogP contribution in [0.3, 0.4) is 0 Å². The van der Waals surface area contributed by atoms with Gasteiger partial charge in [0.1, 0.15) is 16.9 Å². The Balaban J connectivity index is 2.02. The molecule has 0 atom stereocenters. The van der Waals surface area contributed by atoms with Crippen LogP contribution in [0.25, 0.3) is 43.7 Å². The summed E-state index contributed by atoms with van der Waals surface area (Å²) in [6, 6.07) is 17.6. The van der Waals surface area contributed by atoms with Crippen molar-refractivity contribution in [3.63, 3.8) is 0 Å². The fourth-order valence-corrected chi connectivity index (χ4v) is 3.11. The van der Waals surface area contributed by atoms with Crippen molar-refractivity contribution in [2.24, 2.45) is 0 Å². The van der Waals surface area contributed by atoms with E-state index in [1.54, 1.807) is 12.1 Å². The number of hydrogen-bond acceptors (Lipinski definition) is 2. The molecular weight excluding hydrogens is 262 g/mol. The van der Waals surface area contributed by atoms with E-state index in [1.165, 1.54) is 0 Å². The van der Waals surface area contributed by atoms with Gasteiger partial charge in [0.05, 0.1) is 0 Å². The summed E-state index contributed by atoms with van der Waals surface area (Å²) in [5.74, 6) is 0.271. The lowest BCUT2D eigenvalue weighted by atomic mass is 10.1. The van der Waals surface area contributed by atoms with Crippen molar-refractivity contribution in [1.82, 2.24) is 4.98 Å². The number of H-pyrrole nitrogens is 1. The average molecular weight is 273 g/mol. The summed E-state index contributed by atoms with van der Waals surface area (Å²) >= 11 is 0. The molecule has 0 saturated heterocycles. The quantitative estimate of drug-likeness (QED) is 0.420. The molecule has 0 fully saturated rings. The standard InChI is InChI=1S/C18H11NO2/c20-10-5-6-15-12(7-10)13-9-18-14(8-16(13)19-15)11-3-1-2-4-17(11)21-18/h1-9,19-20H. The van der Waals surface area contributed by atoms with E-state index < -0.39 is 0 Å². The molecule has 100 valence electrons. The largest absolute Gasteiger partial charge is 0.508 e. The molecular formula is C18H11NO2. The molecule has 2 heterocycles. The van der Waals surface area contributed by atoms with Crippen LogP contribution in [0.15, 0.2) is 59.0 Å². The number of aromatic amines is 1. The van der Waals surface area contributed by atoms with Crippen LogP contribution < -0.4 is 0 Å². The normalized spacial score (nSPS) is 12.0. The summed E-state index contributed by atoms with van der Waals surface area (Å²) in [4.78, 5) is 3.40. The molecule has 0 unspecified atom stereocenters. The van der Waals surface area contributed by atoms with Gasteiger partial charge in [-0.3, -0.25) is 0 Å². The minimum absolute atomic E-state index is 0.271. The molecule has 0 aliphatic rings. The second-order valence-electron chi connectivity index (χ2n) is 5.35. The molecule has 0 radical (unpaired) electrons. The molecule has 2 N–H and O–H groups in total. The van der Waals surface area contributed by atoms with E-state index in [-0.39, 0.29) is 5.75 Å². The van der Waals surface area contributed by atoms with Gasteiger partial charge in [-0.05, 0) is 36.4 Å². The van der Waals surface area contributed by atoms with Gasteiger partial charge in [0.15, 0.2) is 0 Å². The maximum absolute atomic E-state index is 9.70. The van der Waals surface area contributed by atoms with Gasteiger partial charge in [-0.15, -0.1) is 0 Å². The maximum atomic E-state index is 9.70. The first kappa shape index (κ1) is 10.8. The zero-order valence-electron chi connectivity index (χ0n) is 11.1. The van der Waals surface area contributed by atoms with Crippen molar-refractivity contribution in [3.8, 4) is 5.75 Å².